The molecule has 0 saturated carbocycles. The predicted molar refractivity (Wildman–Crippen MR) is 41.7 cm³/mol. The van der Waals surface area contributed by atoms with Crippen LogP contribution in [0.25, 0.3) is 0 Å². The van der Waals surface area contributed by atoms with E-state index in [0.717, 1.165) is 6.42 Å². The number of hydrogen-bond acceptors (Lipinski definition) is 3. The molecule has 0 spiro atoms. The molecular formula is C7H11BO3. The van der Waals surface area contributed by atoms with Gasteiger partial charge in [-0.3, -0.25) is 4.79 Å². The Morgan fingerprint density at radius 1 is 1.36 bits per heavy atom. The maximum absolute atomic E-state index is 11.0. The minimum Gasteiger partial charge on any atom is -0.423 e. The van der Waals surface area contributed by atoms with Gasteiger partial charge in [-0.25, -0.2) is 0 Å². The van der Waals surface area contributed by atoms with Gasteiger partial charge in [-0.1, -0.05) is 0 Å². The lowest BCUT2D eigenvalue weighted by Crippen LogP contribution is -2.22. The molecule has 0 bridgehead atoms. The van der Waals surface area contributed by atoms with Crippen molar-refractivity contribution in [1.82, 2.24) is 0 Å². The number of rotatable bonds is 1. The number of carbonyl (C=O) groups excluding carboxylic acids is 1. The fourth-order valence-electron chi connectivity index (χ4n) is 1.32. The van der Waals surface area contributed by atoms with Crippen LogP contribution in [-0.4, -0.2) is 22.9 Å². The lowest BCUT2D eigenvalue weighted by atomic mass is 9.70. The minimum absolute atomic E-state index is 0.0411. The highest BCUT2D eigenvalue weighted by Crippen LogP contribution is 2.21. The van der Waals surface area contributed by atoms with Gasteiger partial charge >= 0.3 is 7.12 Å². The summed E-state index contributed by atoms with van der Waals surface area (Å²) in [7, 11) is -1.45. The summed E-state index contributed by atoms with van der Waals surface area (Å²) in [5, 5.41) is 17.6. The average Bonchev–Trinajstić information content (AvgIpc) is 1.94. The van der Waals surface area contributed by atoms with Crippen LogP contribution in [0.4, 0.5) is 0 Å². The van der Waals surface area contributed by atoms with Crippen molar-refractivity contribution in [2.75, 3.05) is 0 Å². The van der Waals surface area contributed by atoms with E-state index in [0.29, 0.717) is 23.9 Å². The molecule has 11 heavy (non-hydrogen) atoms. The van der Waals surface area contributed by atoms with Crippen LogP contribution in [0.15, 0.2) is 11.0 Å². The third kappa shape index (κ3) is 1.70. The van der Waals surface area contributed by atoms with Gasteiger partial charge in [0.15, 0.2) is 5.78 Å². The lowest BCUT2D eigenvalue weighted by Gasteiger charge is -2.15. The quantitative estimate of drug-likeness (QED) is 0.525. The van der Waals surface area contributed by atoms with Gasteiger partial charge in [0.05, 0.1) is 0 Å². The van der Waals surface area contributed by atoms with Gasteiger partial charge in [-0.15, -0.1) is 0 Å². The Hall–Kier alpha value is -0.605. The summed E-state index contributed by atoms with van der Waals surface area (Å²) in [6, 6.07) is 0. The van der Waals surface area contributed by atoms with Crippen LogP contribution >= 0.6 is 0 Å². The summed E-state index contributed by atoms with van der Waals surface area (Å²) < 4.78 is 0. The largest absolute Gasteiger partial charge is 0.484 e. The topological polar surface area (TPSA) is 57.5 Å². The fraction of sp³-hybridized carbons (Fsp3) is 0.571. The zero-order valence-electron chi connectivity index (χ0n) is 6.50. The lowest BCUT2D eigenvalue weighted by molar-refractivity contribution is -0.116. The molecule has 60 valence electrons. The van der Waals surface area contributed by atoms with Gasteiger partial charge in [-0.05, 0) is 30.8 Å². The van der Waals surface area contributed by atoms with Crippen LogP contribution in [0.1, 0.15) is 26.2 Å². The first kappa shape index (κ1) is 8.49. The number of ketones is 1. The van der Waals surface area contributed by atoms with Crippen molar-refractivity contribution in [3.63, 3.8) is 0 Å². The molecule has 4 heteroatoms. The maximum Gasteiger partial charge on any atom is 0.484 e. The van der Waals surface area contributed by atoms with Gasteiger partial charge in [0.2, 0.25) is 0 Å². The van der Waals surface area contributed by atoms with Crippen molar-refractivity contribution >= 4 is 12.9 Å². The molecule has 0 aromatic heterocycles. The zero-order valence-corrected chi connectivity index (χ0v) is 6.50. The molecule has 0 saturated heterocycles. The van der Waals surface area contributed by atoms with Crippen molar-refractivity contribution in [2.24, 2.45) is 0 Å². The smallest absolute Gasteiger partial charge is 0.423 e. The van der Waals surface area contributed by atoms with E-state index in [1.54, 1.807) is 6.92 Å². The van der Waals surface area contributed by atoms with Gasteiger partial charge in [0, 0.05) is 6.42 Å². The first-order chi connectivity index (χ1) is 5.13. The Kier molecular flexibility index (Phi) is 2.47. The van der Waals surface area contributed by atoms with E-state index in [1.807, 2.05) is 0 Å². The van der Waals surface area contributed by atoms with E-state index in [4.69, 9.17) is 10.0 Å². The molecule has 1 aliphatic carbocycles. The fourth-order valence-corrected chi connectivity index (χ4v) is 1.32. The molecule has 0 aromatic rings. The molecule has 0 aromatic carbocycles. The van der Waals surface area contributed by atoms with Crippen LogP contribution in [0, 0.1) is 0 Å². The Morgan fingerprint density at radius 3 is 2.45 bits per heavy atom. The number of carbonyl (C=O) groups is 1. The molecule has 0 fully saturated rings. The normalized spacial score (nSPS) is 19.0. The number of allylic oxidation sites excluding steroid dienone is 2. The third-order valence-corrected chi connectivity index (χ3v) is 2.06. The van der Waals surface area contributed by atoms with Gasteiger partial charge in [0.1, 0.15) is 0 Å². The van der Waals surface area contributed by atoms with Gasteiger partial charge in [0.25, 0.3) is 0 Å². The highest BCUT2D eigenvalue weighted by molar-refractivity contribution is 6.51. The number of Topliss-reactive ketones (excluding diaryl/α,β-unsaturated/α-hetero) is 1. The van der Waals surface area contributed by atoms with E-state index in [2.05, 4.69) is 0 Å². The second-order valence-corrected chi connectivity index (χ2v) is 2.80. The molecule has 0 heterocycles. The SMILES string of the molecule is CC1=C(B(O)O)CCCC1=O. The monoisotopic (exact) mass is 154 g/mol. The van der Waals surface area contributed by atoms with Crippen molar-refractivity contribution in [3.05, 3.63) is 11.0 Å². The average molecular weight is 154 g/mol. The molecule has 1 rings (SSSR count). The van der Waals surface area contributed by atoms with E-state index in [1.165, 1.54) is 0 Å². The zero-order chi connectivity index (χ0) is 8.43. The standard InChI is InChI=1S/C7H11BO3/c1-5-6(8(10)11)3-2-4-7(5)9/h10-11H,2-4H2,1H3. The summed E-state index contributed by atoms with van der Waals surface area (Å²) in [5.74, 6) is 0.0411. The Bertz CT molecular complexity index is 208. The second kappa shape index (κ2) is 3.20. The molecule has 0 radical (unpaired) electrons. The van der Waals surface area contributed by atoms with Crippen LogP contribution < -0.4 is 0 Å². The second-order valence-electron chi connectivity index (χ2n) is 2.80. The van der Waals surface area contributed by atoms with Crippen molar-refractivity contribution in [3.8, 4) is 0 Å². The third-order valence-electron chi connectivity index (χ3n) is 2.06. The summed E-state index contributed by atoms with van der Waals surface area (Å²) in [4.78, 5) is 11.0. The van der Waals surface area contributed by atoms with Crippen LogP contribution in [0.3, 0.4) is 0 Å². The highest BCUT2D eigenvalue weighted by atomic mass is 16.4. The highest BCUT2D eigenvalue weighted by Gasteiger charge is 2.24. The molecule has 0 aliphatic heterocycles. The van der Waals surface area contributed by atoms with Crippen molar-refractivity contribution < 1.29 is 14.8 Å². The first-order valence-corrected chi connectivity index (χ1v) is 3.72. The Balaban J connectivity index is 2.89. The van der Waals surface area contributed by atoms with Crippen LogP contribution in [0.2, 0.25) is 0 Å². The predicted octanol–water partition coefficient (Wildman–Crippen LogP) is 0.0679. The molecule has 1 aliphatic rings. The van der Waals surface area contributed by atoms with Gasteiger partial charge in [-0.2, -0.15) is 0 Å². The Morgan fingerprint density at radius 2 is 2.00 bits per heavy atom. The molecule has 2 N–H and O–H groups in total. The first-order valence-electron chi connectivity index (χ1n) is 3.72. The summed E-state index contributed by atoms with van der Waals surface area (Å²) in [6.07, 6.45) is 1.92. The maximum atomic E-state index is 11.0. The number of hydrogen-bond donors (Lipinski definition) is 2. The summed E-state index contributed by atoms with van der Waals surface area (Å²) in [6.45, 7) is 1.65. The molecule has 3 nitrogen and oxygen atoms in total. The van der Waals surface area contributed by atoms with Crippen molar-refractivity contribution in [2.45, 2.75) is 26.2 Å². The minimum atomic E-state index is -1.45. The van der Waals surface area contributed by atoms with E-state index in [9.17, 15) is 4.79 Å². The van der Waals surface area contributed by atoms with E-state index >= 15 is 0 Å². The van der Waals surface area contributed by atoms with Gasteiger partial charge < -0.3 is 10.0 Å². The molecule has 0 amide bonds. The van der Waals surface area contributed by atoms with E-state index < -0.39 is 7.12 Å². The molecule has 0 atom stereocenters. The Labute approximate surface area is 65.9 Å². The van der Waals surface area contributed by atoms with Crippen LogP contribution in [-0.2, 0) is 4.79 Å². The molecule has 0 unspecified atom stereocenters. The molecular weight excluding hydrogens is 143 g/mol. The summed E-state index contributed by atoms with van der Waals surface area (Å²) >= 11 is 0. The van der Waals surface area contributed by atoms with E-state index in [-0.39, 0.29) is 5.78 Å². The van der Waals surface area contributed by atoms with Crippen LogP contribution in [0.5, 0.6) is 0 Å². The summed E-state index contributed by atoms with van der Waals surface area (Å²) in [5.41, 5.74) is 1.02. The van der Waals surface area contributed by atoms with Crippen molar-refractivity contribution in [1.29, 1.82) is 0 Å².